The number of hydrogen-bond donors (Lipinski definition) is 0. The van der Waals surface area contributed by atoms with Crippen molar-refractivity contribution in [2.24, 2.45) is 133 Å². The molecule has 14 saturated carbocycles. The zero-order valence-corrected chi connectivity index (χ0v) is 57.0. The van der Waals surface area contributed by atoms with E-state index in [4.69, 9.17) is 0 Å². The van der Waals surface area contributed by atoms with Crippen LogP contribution in [0.4, 0.5) is 0 Å². The summed E-state index contributed by atoms with van der Waals surface area (Å²) in [6.45, 7) is 39.1. The average molecular weight is 1090 g/mol. The Labute approximate surface area is 497 Å². The van der Waals surface area contributed by atoms with E-state index in [9.17, 15) is 0 Å². The Hall–Kier alpha value is 0. The van der Waals surface area contributed by atoms with Crippen LogP contribution in [0, 0.1) is 133 Å². The normalized spacial score (nSPS) is 44.6. The van der Waals surface area contributed by atoms with Crippen molar-refractivity contribution in [2.75, 3.05) is 0 Å². The van der Waals surface area contributed by atoms with Gasteiger partial charge in [-0.3, -0.25) is 0 Å². The minimum atomic E-state index is 0.653. The average Bonchev–Trinajstić information content (AvgIpc) is 4.11. The molecule has 0 heteroatoms. The fourth-order valence-electron chi connectivity index (χ4n) is 23.1. The molecule has 0 aromatic heterocycles. The molecule has 0 aromatic carbocycles. The van der Waals surface area contributed by atoms with Gasteiger partial charge in [-0.05, 0) is 267 Å². The molecule has 14 fully saturated rings. The van der Waals surface area contributed by atoms with Gasteiger partial charge in [0.1, 0.15) is 0 Å². The second kappa shape index (κ2) is 27.4. The number of hydrogen-bond acceptors (Lipinski definition) is 0. The molecule has 0 heterocycles. The molecule has 0 aliphatic heterocycles. The van der Waals surface area contributed by atoms with E-state index in [1.165, 1.54) is 228 Å². The van der Waals surface area contributed by atoms with Crippen molar-refractivity contribution in [2.45, 2.75) is 368 Å². The summed E-state index contributed by atoms with van der Waals surface area (Å²) in [5.74, 6) is 17.9. The quantitative estimate of drug-likeness (QED) is 0.195. The maximum absolute atomic E-state index is 2.62. The Bertz CT molecular complexity index is 1770. The molecule has 0 nitrogen and oxygen atoms in total. The number of fused-ring (bicyclic) bond motifs is 19. The van der Waals surface area contributed by atoms with Crippen LogP contribution in [0.1, 0.15) is 368 Å². The fraction of sp³-hybridized carbons (Fsp3) is 1.00. The van der Waals surface area contributed by atoms with Crippen molar-refractivity contribution in [3.8, 4) is 0 Å². The van der Waals surface area contributed by atoms with Gasteiger partial charge in [-0.2, -0.15) is 0 Å². The summed E-state index contributed by atoms with van der Waals surface area (Å²) >= 11 is 0. The highest BCUT2D eigenvalue weighted by Gasteiger charge is 2.66. The van der Waals surface area contributed by atoms with E-state index >= 15 is 0 Å². The van der Waals surface area contributed by atoms with E-state index in [2.05, 4.69) is 111 Å². The molecular formula is C79H144. The van der Waals surface area contributed by atoms with Crippen LogP contribution in [0.2, 0.25) is 0 Å². The second-order valence-corrected chi connectivity index (χ2v) is 37.2. The summed E-state index contributed by atoms with van der Waals surface area (Å²) in [7, 11) is 0. The van der Waals surface area contributed by atoms with Crippen LogP contribution in [0.5, 0.6) is 0 Å². The van der Waals surface area contributed by atoms with Gasteiger partial charge >= 0.3 is 0 Å². The van der Waals surface area contributed by atoms with Gasteiger partial charge in [-0.1, -0.05) is 233 Å². The zero-order valence-electron chi connectivity index (χ0n) is 57.0. The van der Waals surface area contributed by atoms with Crippen LogP contribution in [0.15, 0.2) is 0 Å². The summed E-state index contributed by atoms with van der Waals surface area (Å²) in [4.78, 5) is 0. The SMILES string of the molecule is CC(C)C1(C)CC2CC1C1C3CCC(C3)C21.CC(C)C1(C)CCC2CCCCC2C1.CC1(C)CCCC1.CC1(C)CCCCC1.CC1(C)CCCCCC1.CC1(C)CCCCCCC1.CCC1(C)CC2CC1C1C3CCC(C3)C21. The van der Waals surface area contributed by atoms with Crippen molar-refractivity contribution in [1.29, 1.82) is 0 Å². The first-order chi connectivity index (χ1) is 37.3. The van der Waals surface area contributed by atoms with Gasteiger partial charge in [0.15, 0.2) is 0 Å². The van der Waals surface area contributed by atoms with Crippen LogP contribution in [-0.4, -0.2) is 0 Å². The minimum absolute atomic E-state index is 0.653. The first-order valence-electron chi connectivity index (χ1n) is 37.3. The lowest BCUT2D eigenvalue weighted by atomic mass is 9.58. The molecule has 0 saturated heterocycles. The maximum atomic E-state index is 2.62. The third-order valence-corrected chi connectivity index (χ3v) is 29.1. The van der Waals surface area contributed by atoms with Gasteiger partial charge in [0, 0.05) is 0 Å². The highest BCUT2D eigenvalue weighted by Crippen LogP contribution is 2.74. The van der Waals surface area contributed by atoms with Crippen molar-refractivity contribution in [3.63, 3.8) is 0 Å². The summed E-state index contributed by atoms with van der Waals surface area (Å²) in [5, 5.41) is 0. The zero-order chi connectivity index (χ0) is 57.0. The van der Waals surface area contributed by atoms with Gasteiger partial charge in [0.2, 0.25) is 0 Å². The molecule has 14 rings (SSSR count). The fourth-order valence-corrected chi connectivity index (χ4v) is 23.1. The Balaban J connectivity index is 0.000000124. The molecule has 14 aliphatic carbocycles. The Morgan fingerprint density at radius 1 is 0.291 bits per heavy atom. The molecule has 0 aromatic rings. The molecule has 79 heavy (non-hydrogen) atoms. The van der Waals surface area contributed by atoms with Crippen molar-refractivity contribution >= 4 is 0 Å². The molecule has 8 bridgehead atoms. The highest BCUT2D eigenvalue weighted by molar-refractivity contribution is 5.15. The van der Waals surface area contributed by atoms with E-state index in [0.29, 0.717) is 32.5 Å². The lowest BCUT2D eigenvalue weighted by molar-refractivity contribution is 0.0145. The first-order valence-corrected chi connectivity index (χ1v) is 37.3. The molecule has 0 radical (unpaired) electrons. The molecule has 17 atom stereocenters. The van der Waals surface area contributed by atoms with E-state index in [0.717, 1.165) is 58.7 Å². The summed E-state index contributed by atoms with van der Waals surface area (Å²) in [5.41, 5.74) is 4.81. The predicted molar refractivity (Wildman–Crippen MR) is 348 cm³/mol. The molecule has 0 amide bonds. The largest absolute Gasteiger partial charge is 0.0649 e. The molecular weight excluding hydrogens is 949 g/mol. The van der Waals surface area contributed by atoms with Crippen LogP contribution in [-0.2, 0) is 0 Å². The molecule has 0 N–H and O–H groups in total. The van der Waals surface area contributed by atoms with E-state index < -0.39 is 0 Å². The monoisotopic (exact) mass is 1090 g/mol. The predicted octanol–water partition coefficient (Wildman–Crippen LogP) is 25.8. The van der Waals surface area contributed by atoms with Gasteiger partial charge in [0.25, 0.3) is 0 Å². The second-order valence-electron chi connectivity index (χ2n) is 37.2. The van der Waals surface area contributed by atoms with Gasteiger partial charge in [-0.25, -0.2) is 0 Å². The van der Waals surface area contributed by atoms with Crippen LogP contribution in [0.25, 0.3) is 0 Å². The third-order valence-electron chi connectivity index (χ3n) is 29.1. The van der Waals surface area contributed by atoms with Crippen molar-refractivity contribution in [3.05, 3.63) is 0 Å². The Morgan fingerprint density at radius 2 is 0.646 bits per heavy atom. The summed E-state index contributed by atoms with van der Waals surface area (Å²) in [6, 6.07) is 0. The topological polar surface area (TPSA) is 0 Å². The third kappa shape index (κ3) is 16.2. The van der Waals surface area contributed by atoms with E-state index in [-0.39, 0.29) is 0 Å². The van der Waals surface area contributed by atoms with E-state index in [1.54, 1.807) is 70.6 Å². The maximum Gasteiger partial charge on any atom is -0.0269 e. The van der Waals surface area contributed by atoms with Gasteiger partial charge in [-0.15, -0.1) is 0 Å². The summed E-state index contributed by atoms with van der Waals surface area (Å²) < 4.78 is 0. The Morgan fingerprint density at radius 3 is 1.05 bits per heavy atom. The lowest BCUT2D eigenvalue weighted by Gasteiger charge is -2.47. The molecule has 460 valence electrons. The lowest BCUT2D eigenvalue weighted by Crippen LogP contribution is -2.41. The first kappa shape index (κ1) is 65.0. The van der Waals surface area contributed by atoms with Crippen LogP contribution >= 0.6 is 0 Å². The summed E-state index contributed by atoms with van der Waals surface area (Å²) in [6.07, 6.45) is 60.3. The van der Waals surface area contributed by atoms with Crippen molar-refractivity contribution < 1.29 is 0 Å². The number of rotatable bonds is 3. The smallest absolute Gasteiger partial charge is 0.0269 e. The van der Waals surface area contributed by atoms with Crippen molar-refractivity contribution in [1.82, 2.24) is 0 Å². The van der Waals surface area contributed by atoms with Crippen LogP contribution in [0.3, 0.4) is 0 Å². The Kier molecular flexibility index (Phi) is 22.5. The van der Waals surface area contributed by atoms with Gasteiger partial charge in [0.05, 0.1) is 0 Å². The minimum Gasteiger partial charge on any atom is -0.0649 e. The molecule has 0 spiro atoms. The molecule has 14 aliphatic rings. The van der Waals surface area contributed by atoms with Gasteiger partial charge < -0.3 is 0 Å². The molecule has 17 unspecified atom stereocenters. The van der Waals surface area contributed by atoms with E-state index in [1.807, 2.05) is 0 Å². The standard InChI is InChI=1S/C16H26.C15H24.C14H26.C10H20.C9H18.C8H16.C7H14/c1-9(2)16(3)8-12-7-13(16)15-11-5-4-10(6-11)14(12)15;1-3-15(2)8-11-7-12(15)14-10-5-4-9(6-10)13(11)14;1-11(2)14(3)9-8-12-6-4-5-7-13(12)10-14;1-10(2)8-6-4-3-5-7-9-10;1-9(2)7-5-3-4-6-8-9;1-8(2)6-4-3-5-7-8;1-7(2)5-3-4-6-7/h9-15H,4-8H2,1-3H3;9-14H,3-8H2,1-2H3;11-13H,4-10H2,1-3H3;3-9H2,1-2H3;3-8H2,1-2H3;3-7H2,1-2H3;3-6H2,1-2H3. The van der Waals surface area contributed by atoms with Crippen LogP contribution < -0.4 is 0 Å². The highest BCUT2D eigenvalue weighted by atomic mass is 14.7.